The third-order valence-electron chi connectivity index (χ3n) is 3.38. The summed E-state index contributed by atoms with van der Waals surface area (Å²) in [6.07, 6.45) is -1.35. The number of hydrogen-bond acceptors (Lipinski definition) is 9. The van der Waals surface area contributed by atoms with E-state index < -0.39 is 38.1 Å². The molecule has 0 unspecified atom stereocenters. The van der Waals surface area contributed by atoms with Gasteiger partial charge < -0.3 is 20.3 Å². The summed E-state index contributed by atoms with van der Waals surface area (Å²) in [7, 11) is -7.70. The molecule has 32 heavy (non-hydrogen) atoms. The van der Waals surface area contributed by atoms with Crippen molar-refractivity contribution in [1.82, 2.24) is 11.0 Å². The number of rotatable bonds is 4. The lowest BCUT2D eigenvalue weighted by Gasteiger charge is -2.12. The number of primary sulfonamides is 2. The van der Waals surface area contributed by atoms with Crippen LogP contribution in [0.25, 0.3) is 0 Å². The van der Waals surface area contributed by atoms with Gasteiger partial charge in [0.2, 0.25) is 32.0 Å². The molecule has 0 aliphatic rings. The summed E-state index contributed by atoms with van der Waals surface area (Å²) in [5.41, 5.74) is 4.44. The quantitative estimate of drug-likeness (QED) is 0.156. The van der Waals surface area contributed by atoms with Gasteiger partial charge in [0.15, 0.2) is 0 Å². The average Bonchev–Trinajstić information content (AvgIpc) is 2.70. The summed E-state index contributed by atoms with van der Waals surface area (Å²) in [6, 6.07) is 10.2. The normalized spacial score (nSPS) is 11.1. The molecule has 0 spiro atoms. The number of guanidine groups is 2. The average molecular weight is 486 g/mol. The maximum atomic E-state index is 11.5. The molecule has 2 aromatic carbocycles. The van der Waals surface area contributed by atoms with Crippen LogP contribution in [0, 0.1) is 10.8 Å². The van der Waals surface area contributed by atoms with Crippen molar-refractivity contribution in [3.8, 4) is 0 Å². The molecule has 15 nitrogen and oxygen atoms in total. The molecule has 0 atom stereocenters. The van der Waals surface area contributed by atoms with Crippen LogP contribution in [0.2, 0.25) is 0 Å². The van der Waals surface area contributed by atoms with Gasteiger partial charge in [0.05, 0.1) is 9.79 Å². The van der Waals surface area contributed by atoms with Crippen LogP contribution in [0.5, 0.6) is 0 Å². The summed E-state index contributed by atoms with van der Waals surface area (Å²) >= 11 is 0. The highest BCUT2D eigenvalue weighted by atomic mass is 32.2. The van der Waals surface area contributed by atoms with Crippen LogP contribution in [0.1, 0.15) is 0 Å². The fourth-order valence-electron chi connectivity index (χ4n) is 2.00. The first-order chi connectivity index (χ1) is 14.8. The molecule has 0 radical (unpaired) electrons. The number of benzene rings is 2. The third kappa shape index (κ3) is 7.72. The van der Waals surface area contributed by atoms with Crippen LogP contribution in [0.3, 0.4) is 0 Å². The molecule has 0 aliphatic carbocycles. The minimum atomic E-state index is -3.85. The largest absolute Gasteiger partial charge is 0.558 e. The highest BCUT2D eigenvalue weighted by molar-refractivity contribution is 7.89. The smallest absolute Gasteiger partial charge is 0.324 e. The Morgan fingerprint density at radius 1 is 0.688 bits per heavy atom. The van der Waals surface area contributed by atoms with Gasteiger partial charge in [0.25, 0.3) is 0 Å². The van der Waals surface area contributed by atoms with E-state index in [1.165, 1.54) is 48.5 Å². The molecule has 0 saturated carbocycles. The van der Waals surface area contributed by atoms with E-state index in [2.05, 4.69) is 20.3 Å². The Kier molecular flexibility index (Phi) is 7.54. The number of carbonyl (C=O) groups is 1. The second-order valence-electron chi connectivity index (χ2n) is 5.80. The van der Waals surface area contributed by atoms with E-state index in [4.69, 9.17) is 21.1 Å². The Bertz CT molecular complexity index is 1120. The maximum Gasteiger partial charge on any atom is 0.558 e. The lowest BCUT2D eigenvalue weighted by atomic mass is 10.3. The van der Waals surface area contributed by atoms with E-state index in [-0.39, 0.29) is 9.79 Å². The summed E-state index contributed by atoms with van der Waals surface area (Å²) in [4.78, 5) is 20.1. The number of nitrogens with two attached hydrogens (primary N) is 2. The van der Waals surface area contributed by atoms with Crippen LogP contribution >= 0.6 is 0 Å². The van der Waals surface area contributed by atoms with Crippen LogP contribution in [-0.2, 0) is 29.7 Å². The van der Waals surface area contributed by atoms with Gasteiger partial charge in [-0.15, -0.1) is 0 Å². The Labute approximate surface area is 182 Å². The van der Waals surface area contributed by atoms with E-state index in [0.29, 0.717) is 11.4 Å². The summed E-state index contributed by atoms with van der Waals surface area (Å²) in [5, 5.41) is 30.1. The van der Waals surface area contributed by atoms with Gasteiger partial charge in [-0.3, -0.25) is 10.8 Å². The predicted octanol–water partition coefficient (Wildman–Crippen LogP) is -0.463. The molecule has 0 heterocycles. The number of carbonyl (C=O) groups excluding carboxylic acids is 1. The molecule has 0 amide bonds. The van der Waals surface area contributed by atoms with E-state index in [0.717, 1.165) is 0 Å². The Morgan fingerprint density at radius 3 is 1.28 bits per heavy atom. The number of anilines is 2. The van der Waals surface area contributed by atoms with Crippen molar-refractivity contribution in [2.24, 2.45) is 10.3 Å². The van der Waals surface area contributed by atoms with Crippen molar-refractivity contribution in [2.45, 2.75) is 9.79 Å². The fourth-order valence-corrected chi connectivity index (χ4v) is 3.03. The molecule has 10 N–H and O–H groups in total. The third-order valence-corrected chi connectivity index (χ3v) is 5.24. The zero-order valence-corrected chi connectivity index (χ0v) is 17.6. The molecule has 0 aromatic heterocycles. The van der Waals surface area contributed by atoms with Crippen LogP contribution in [-0.4, -0.2) is 34.9 Å². The van der Waals surface area contributed by atoms with E-state index in [1.807, 2.05) is 11.0 Å². The molecular weight excluding hydrogens is 468 g/mol. The van der Waals surface area contributed by atoms with Gasteiger partial charge in [0, 0.05) is 11.4 Å². The monoisotopic (exact) mass is 486 g/mol. The summed E-state index contributed by atoms with van der Waals surface area (Å²) in [6.45, 7) is 0. The molecule has 172 valence electrons. The molecule has 2 rings (SSSR count). The van der Waals surface area contributed by atoms with Crippen molar-refractivity contribution < 1.29 is 31.3 Å². The van der Waals surface area contributed by atoms with Gasteiger partial charge in [-0.25, -0.2) is 27.1 Å². The zero-order chi connectivity index (χ0) is 23.9. The van der Waals surface area contributed by atoms with Gasteiger partial charge in [-0.2, -0.15) is 15.8 Å². The minimum absolute atomic E-state index is 0.121. The molecule has 0 bridgehead atoms. The standard InChI is InChI=1S/C15H18N8O7S2/c16-13(20-9-1-5-11(6-2-9)31(18,25)26)22-29-15(24)30-23-14(17)21-10-3-7-12(8-4-10)32(19,27)28/h1-8H,(H3,16,20,22)(H3,17,21,23)(H2,18,25,26)(H2,19,27,28). The number of nitrogens with one attached hydrogen (secondary N) is 6. The molecule has 0 saturated heterocycles. The van der Waals surface area contributed by atoms with Crippen molar-refractivity contribution in [1.29, 1.82) is 10.8 Å². The van der Waals surface area contributed by atoms with Crippen molar-refractivity contribution in [2.75, 3.05) is 10.6 Å². The van der Waals surface area contributed by atoms with Crippen LogP contribution < -0.4 is 31.9 Å². The summed E-state index contributed by atoms with van der Waals surface area (Å²) < 4.78 is 44.7. The molecule has 2 aromatic rings. The van der Waals surface area contributed by atoms with Gasteiger partial charge >= 0.3 is 6.16 Å². The highest BCUT2D eigenvalue weighted by Crippen LogP contribution is 2.13. The van der Waals surface area contributed by atoms with Crippen LogP contribution in [0.4, 0.5) is 16.2 Å². The molecule has 0 aliphatic heterocycles. The topological polar surface area (TPSA) is 252 Å². The molecule has 0 fully saturated rings. The number of hydrogen-bond donors (Lipinski definition) is 8. The Morgan fingerprint density at radius 2 is 1.00 bits per heavy atom. The van der Waals surface area contributed by atoms with E-state index in [9.17, 15) is 21.6 Å². The zero-order valence-electron chi connectivity index (χ0n) is 15.9. The first-order valence-corrected chi connectivity index (χ1v) is 11.3. The Balaban J connectivity index is 1.73. The van der Waals surface area contributed by atoms with Gasteiger partial charge in [-0.1, -0.05) is 0 Å². The fraction of sp³-hybridized carbons (Fsp3) is 0. The van der Waals surface area contributed by atoms with Gasteiger partial charge in [-0.05, 0) is 48.5 Å². The number of hydroxylamine groups is 2. The second kappa shape index (κ2) is 9.92. The lowest BCUT2D eigenvalue weighted by Crippen LogP contribution is -2.36. The first-order valence-electron chi connectivity index (χ1n) is 8.21. The van der Waals surface area contributed by atoms with Crippen molar-refractivity contribution in [3.05, 3.63) is 48.5 Å². The second-order valence-corrected chi connectivity index (χ2v) is 8.92. The SMILES string of the molecule is N=C(NOC(=O)ONC(=N)Nc1ccc(S(N)(=O)=O)cc1)Nc1ccc(S(N)(=O)=O)cc1. The van der Waals surface area contributed by atoms with E-state index in [1.54, 1.807) is 0 Å². The molecule has 17 heteroatoms. The lowest BCUT2D eigenvalue weighted by molar-refractivity contribution is 0.0180. The Hall–Kier alpha value is -3.93. The summed E-state index contributed by atoms with van der Waals surface area (Å²) in [5.74, 6) is -0.984. The maximum absolute atomic E-state index is 11.5. The number of sulfonamides is 2. The predicted molar refractivity (Wildman–Crippen MR) is 112 cm³/mol. The van der Waals surface area contributed by atoms with Crippen molar-refractivity contribution in [3.63, 3.8) is 0 Å². The van der Waals surface area contributed by atoms with E-state index >= 15 is 0 Å². The first kappa shape index (κ1) is 24.3. The van der Waals surface area contributed by atoms with Crippen molar-refractivity contribution >= 4 is 49.5 Å². The van der Waals surface area contributed by atoms with Crippen LogP contribution in [0.15, 0.2) is 58.3 Å². The molecular formula is C15H18N8O7S2. The van der Waals surface area contributed by atoms with Gasteiger partial charge in [0.1, 0.15) is 0 Å². The highest BCUT2D eigenvalue weighted by Gasteiger charge is 2.11. The minimum Gasteiger partial charge on any atom is -0.324 e.